The molecule has 1 unspecified atom stereocenters. The minimum atomic E-state index is -0.588. The van der Waals surface area contributed by atoms with Gasteiger partial charge in [-0.05, 0) is 19.1 Å². The fourth-order valence-electron chi connectivity index (χ4n) is 1.81. The number of methoxy groups -OCH3 is 1. The molecular weight excluding hydrogens is 266 g/mol. The van der Waals surface area contributed by atoms with E-state index in [2.05, 4.69) is 10.6 Å². The molecule has 0 heterocycles. The largest absolute Gasteiger partial charge is 0.383 e. The predicted molar refractivity (Wildman–Crippen MR) is 72.3 cm³/mol. The van der Waals surface area contributed by atoms with Gasteiger partial charge in [0, 0.05) is 38.2 Å². The molecule has 0 radical (unpaired) electrons. The van der Waals surface area contributed by atoms with Crippen LogP contribution in [-0.4, -0.2) is 32.7 Å². The minimum absolute atomic E-state index is 0.00714. The number of nitrogens with one attached hydrogen (secondary N) is 2. The van der Waals surface area contributed by atoms with E-state index in [1.54, 1.807) is 14.0 Å². The molecule has 0 aliphatic heterocycles. The number of rotatable bonds is 8. The van der Waals surface area contributed by atoms with Gasteiger partial charge in [-0.3, -0.25) is 4.79 Å². The highest BCUT2D eigenvalue weighted by atomic mass is 19.1. The Balaban J connectivity index is 2.36. The summed E-state index contributed by atoms with van der Waals surface area (Å²) < 4.78 is 31.8. The number of hydrogen-bond acceptors (Lipinski definition) is 3. The first kappa shape index (κ1) is 16.5. The van der Waals surface area contributed by atoms with E-state index < -0.39 is 17.7 Å². The highest BCUT2D eigenvalue weighted by Gasteiger charge is 2.15. The number of hydrogen-bond donors (Lipinski definition) is 2. The van der Waals surface area contributed by atoms with Gasteiger partial charge in [0.2, 0.25) is 5.91 Å². The summed E-state index contributed by atoms with van der Waals surface area (Å²) in [7, 11) is 1.55. The van der Waals surface area contributed by atoms with E-state index in [9.17, 15) is 13.6 Å². The Morgan fingerprint density at radius 2 is 1.95 bits per heavy atom. The number of carbonyl (C=O) groups is 1. The van der Waals surface area contributed by atoms with Crippen molar-refractivity contribution in [3.63, 3.8) is 0 Å². The van der Waals surface area contributed by atoms with Crippen LogP contribution < -0.4 is 10.6 Å². The van der Waals surface area contributed by atoms with Crippen molar-refractivity contribution in [1.82, 2.24) is 10.6 Å². The van der Waals surface area contributed by atoms with E-state index in [1.165, 1.54) is 18.2 Å². The lowest BCUT2D eigenvalue weighted by atomic mass is 10.1. The number of halogens is 2. The zero-order valence-electron chi connectivity index (χ0n) is 11.7. The van der Waals surface area contributed by atoms with Gasteiger partial charge in [0.1, 0.15) is 11.6 Å². The first-order valence-corrected chi connectivity index (χ1v) is 6.49. The molecule has 0 saturated carbocycles. The predicted octanol–water partition coefficient (Wildman–Crippen LogP) is 1.77. The van der Waals surface area contributed by atoms with Crippen molar-refractivity contribution in [3.8, 4) is 0 Å². The Morgan fingerprint density at radius 1 is 1.30 bits per heavy atom. The molecule has 2 N–H and O–H groups in total. The maximum absolute atomic E-state index is 13.5. The average Bonchev–Trinajstić information content (AvgIpc) is 2.39. The third-order valence-corrected chi connectivity index (χ3v) is 2.86. The van der Waals surface area contributed by atoms with Crippen molar-refractivity contribution in [2.24, 2.45) is 0 Å². The number of carbonyl (C=O) groups excluding carboxylic acids is 1. The average molecular weight is 286 g/mol. The van der Waals surface area contributed by atoms with E-state index in [-0.39, 0.29) is 17.9 Å². The van der Waals surface area contributed by atoms with Crippen molar-refractivity contribution in [2.75, 3.05) is 26.8 Å². The van der Waals surface area contributed by atoms with Crippen LogP contribution in [0.25, 0.3) is 0 Å². The van der Waals surface area contributed by atoms with Crippen molar-refractivity contribution in [2.45, 2.75) is 19.4 Å². The van der Waals surface area contributed by atoms with Crippen molar-refractivity contribution in [1.29, 1.82) is 0 Å². The van der Waals surface area contributed by atoms with Crippen LogP contribution in [0.2, 0.25) is 0 Å². The summed E-state index contributed by atoms with van der Waals surface area (Å²) >= 11 is 0. The van der Waals surface area contributed by atoms with Gasteiger partial charge in [-0.2, -0.15) is 0 Å². The molecule has 0 spiro atoms. The zero-order valence-corrected chi connectivity index (χ0v) is 11.7. The molecule has 1 rings (SSSR count). The molecule has 1 aromatic rings. The topological polar surface area (TPSA) is 50.4 Å². The van der Waals surface area contributed by atoms with Crippen LogP contribution in [-0.2, 0) is 9.53 Å². The summed E-state index contributed by atoms with van der Waals surface area (Å²) in [5.74, 6) is -1.31. The number of amides is 1. The molecule has 1 aromatic carbocycles. The quantitative estimate of drug-likeness (QED) is 0.716. The summed E-state index contributed by atoms with van der Waals surface area (Å²) in [5, 5.41) is 5.60. The van der Waals surface area contributed by atoms with Gasteiger partial charge in [0.25, 0.3) is 0 Å². The van der Waals surface area contributed by atoms with Crippen LogP contribution in [0.5, 0.6) is 0 Å². The SMILES string of the molecule is COCCNC(=O)CCNC(C)c1c(F)cccc1F. The lowest BCUT2D eigenvalue weighted by molar-refractivity contribution is -0.121. The Bertz CT molecular complexity index is 421. The molecule has 0 aromatic heterocycles. The van der Waals surface area contributed by atoms with Gasteiger partial charge in [-0.1, -0.05) is 6.07 Å². The van der Waals surface area contributed by atoms with Crippen molar-refractivity contribution >= 4 is 5.91 Å². The molecule has 0 fully saturated rings. The number of benzene rings is 1. The Labute approximate surface area is 117 Å². The normalized spacial score (nSPS) is 12.2. The fraction of sp³-hybridized carbons (Fsp3) is 0.500. The monoisotopic (exact) mass is 286 g/mol. The van der Waals surface area contributed by atoms with E-state index in [0.29, 0.717) is 19.7 Å². The molecule has 0 bridgehead atoms. The summed E-state index contributed by atoms with van der Waals surface area (Å²) in [6, 6.07) is 3.26. The summed E-state index contributed by atoms with van der Waals surface area (Å²) in [6.45, 7) is 2.90. The molecule has 112 valence electrons. The second kappa shape index (κ2) is 8.60. The molecule has 0 aliphatic rings. The van der Waals surface area contributed by atoms with E-state index in [1.807, 2.05) is 0 Å². The van der Waals surface area contributed by atoms with E-state index in [4.69, 9.17) is 4.74 Å². The lowest BCUT2D eigenvalue weighted by Crippen LogP contribution is -2.31. The van der Waals surface area contributed by atoms with Gasteiger partial charge < -0.3 is 15.4 Å². The van der Waals surface area contributed by atoms with Crippen molar-refractivity contribution in [3.05, 3.63) is 35.4 Å². The van der Waals surface area contributed by atoms with Gasteiger partial charge in [0.15, 0.2) is 0 Å². The molecule has 0 saturated heterocycles. The van der Waals surface area contributed by atoms with Crippen LogP contribution >= 0.6 is 0 Å². The Hall–Kier alpha value is -1.53. The lowest BCUT2D eigenvalue weighted by Gasteiger charge is -2.15. The highest BCUT2D eigenvalue weighted by molar-refractivity contribution is 5.76. The summed E-state index contributed by atoms with van der Waals surface area (Å²) in [6.07, 6.45) is 0.240. The van der Waals surface area contributed by atoms with Crippen LogP contribution in [0.1, 0.15) is 24.9 Å². The molecule has 4 nitrogen and oxygen atoms in total. The summed E-state index contributed by atoms with van der Waals surface area (Å²) in [4.78, 5) is 11.4. The first-order valence-electron chi connectivity index (χ1n) is 6.49. The maximum atomic E-state index is 13.5. The second-order valence-corrected chi connectivity index (χ2v) is 4.40. The zero-order chi connectivity index (χ0) is 15.0. The van der Waals surface area contributed by atoms with Gasteiger partial charge in [-0.15, -0.1) is 0 Å². The molecule has 1 amide bonds. The molecule has 20 heavy (non-hydrogen) atoms. The minimum Gasteiger partial charge on any atom is -0.383 e. The van der Waals surface area contributed by atoms with E-state index >= 15 is 0 Å². The van der Waals surface area contributed by atoms with Crippen molar-refractivity contribution < 1.29 is 18.3 Å². The Kier molecular flexibility index (Phi) is 7.11. The highest BCUT2D eigenvalue weighted by Crippen LogP contribution is 2.19. The Morgan fingerprint density at radius 3 is 2.55 bits per heavy atom. The molecule has 0 aliphatic carbocycles. The third kappa shape index (κ3) is 5.22. The van der Waals surface area contributed by atoms with Gasteiger partial charge in [-0.25, -0.2) is 8.78 Å². The third-order valence-electron chi connectivity index (χ3n) is 2.86. The first-order chi connectivity index (χ1) is 9.56. The standard InChI is InChI=1S/C14H20F2N2O2/c1-10(14-11(15)4-3-5-12(14)16)17-7-6-13(19)18-8-9-20-2/h3-5,10,17H,6-9H2,1-2H3,(H,18,19). The molecular formula is C14H20F2N2O2. The summed E-state index contributed by atoms with van der Waals surface area (Å²) in [5.41, 5.74) is -0.00714. The van der Waals surface area contributed by atoms with Crippen LogP contribution in [0.3, 0.4) is 0 Å². The van der Waals surface area contributed by atoms with Crippen LogP contribution in [0, 0.1) is 11.6 Å². The van der Waals surface area contributed by atoms with E-state index in [0.717, 1.165) is 0 Å². The van der Waals surface area contributed by atoms with Gasteiger partial charge in [0.05, 0.1) is 6.61 Å². The molecule has 6 heteroatoms. The van der Waals surface area contributed by atoms with Crippen LogP contribution in [0.15, 0.2) is 18.2 Å². The number of ether oxygens (including phenoxy) is 1. The fourth-order valence-corrected chi connectivity index (χ4v) is 1.81. The second-order valence-electron chi connectivity index (χ2n) is 4.40. The maximum Gasteiger partial charge on any atom is 0.221 e. The van der Waals surface area contributed by atoms with Gasteiger partial charge >= 0.3 is 0 Å². The smallest absolute Gasteiger partial charge is 0.221 e. The van der Waals surface area contributed by atoms with Crippen LogP contribution in [0.4, 0.5) is 8.78 Å². The molecule has 1 atom stereocenters.